The molecule has 0 bridgehead atoms. The molecule has 0 amide bonds. The van der Waals surface area contributed by atoms with E-state index in [-0.39, 0.29) is 5.56 Å². The van der Waals surface area contributed by atoms with E-state index in [0.29, 0.717) is 28.4 Å². The largest absolute Gasteiger partial charge is 0.287 e. The third kappa shape index (κ3) is 2.54. The Labute approximate surface area is 115 Å². The lowest BCUT2D eigenvalue weighted by Gasteiger charge is -2.13. The number of halogens is 1. The average molecular weight is 283 g/mol. The minimum Gasteiger partial charge on any atom is -0.287 e. The van der Waals surface area contributed by atoms with Gasteiger partial charge in [0, 0.05) is 11.6 Å². The summed E-state index contributed by atoms with van der Waals surface area (Å²) in [4.78, 5) is 17.0. The van der Waals surface area contributed by atoms with Gasteiger partial charge in [-0.2, -0.15) is 0 Å². The summed E-state index contributed by atoms with van der Waals surface area (Å²) >= 11 is 7.43. The Balaban J connectivity index is 2.75. The fourth-order valence-electron chi connectivity index (χ4n) is 1.85. The molecule has 0 aliphatic carbocycles. The first kappa shape index (κ1) is 13.4. The molecule has 3 nitrogen and oxygen atoms in total. The van der Waals surface area contributed by atoms with Crippen LogP contribution >= 0.6 is 23.4 Å². The fraction of sp³-hybridized carbons (Fsp3) is 0.385. The van der Waals surface area contributed by atoms with Crippen LogP contribution in [0.3, 0.4) is 0 Å². The van der Waals surface area contributed by atoms with Gasteiger partial charge in [0.2, 0.25) is 0 Å². The molecule has 1 aromatic carbocycles. The number of aromatic nitrogens is 2. The van der Waals surface area contributed by atoms with Gasteiger partial charge in [0.1, 0.15) is 0 Å². The van der Waals surface area contributed by atoms with Crippen LogP contribution in [0.15, 0.2) is 28.2 Å². The van der Waals surface area contributed by atoms with Crippen LogP contribution in [0, 0.1) is 5.92 Å². The predicted octanol–water partition coefficient (Wildman–Crippen LogP) is 3.43. The van der Waals surface area contributed by atoms with Gasteiger partial charge in [-0.1, -0.05) is 37.2 Å². The molecule has 0 atom stereocenters. The van der Waals surface area contributed by atoms with Crippen molar-refractivity contribution in [2.75, 3.05) is 6.26 Å². The lowest BCUT2D eigenvalue weighted by atomic mass is 10.2. The van der Waals surface area contributed by atoms with Crippen LogP contribution in [0.1, 0.15) is 13.8 Å². The summed E-state index contributed by atoms with van der Waals surface area (Å²) < 4.78 is 1.73. The molecule has 2 aromatic rings. The quantitative estimate of drug-likeness (QED) is 0.639. The van der Waals surface area contributed by atoms with Crippen molar-refractivity contribution < 1.29 is 0 Å². The summed E-state index contributed by atoms with van der Waals surface area (Å²) in [5.41, 5.74) is 0.689. The first-order valence-corrected chi connectivity index (χ1v) is 7.37. The van der Waals surface area contributed by atoms with Gasteiger partial charge in [-0.15, -0.1) is 0 Å². The van der Waals surface area contributed by atoms with E-state index in [2.05, 4.69) is 18.8 Å². The van der Waals surface area contributed by atoms with Crippen LogP contribution in [0.4, 0.5) is 0 Å². The molecule has 0 saturated heterocycles. The third-order valence-electron chi connectivity index (χ3n) is 2.61. The van der Waals surface area contributed by atoms with Crippen molar-refractivity contribution in [1.29, 1.82) is 0 Å². The number of hydrogen-bond acceptors (Lipinski definition) is 3. The van der Waals surface area contributed by atoms with E-state index in [4.69, 9.17) is 11.6 Å². The highest BCUT2D eigenvalue weighted by molar-refractivity contribution is 7.98. The minimum atomic E-state index is -0.0134. The molecule has 18 heavy (non-hydrogen) atoms. The number of rotatable bonds is 3. The lowest BCUT2D eigenvalue weighted by Crippen LogP contribution is -2.25. The van der Waals surface area contributed by atoms with Crippen LogP contribution in [-0.2, 0) is 6.54 Å². The van der Waals surface area contributed by atoms with E-state index in [1.807, 2.05) is 6.26 Å². The average Bonchev–Trinajstić information content (AvgIpc) is 2.33. The lowest BCUT2D eigenvalue weighted by molar-refractivity contribution is 0.475. The summed E-state index contributed by atoms with van der Waals surface area (Å²) in [6.07, 6.45) is 1.93. The van der Waals surface area contributed by atoms with Gasteiger partial charge in [0.25, 0.3) is 5.56 Å². The van der Waals surface area contributed by atoms with Gasteiger partial charge in [-0.05, 0) is 30.4 Å². The number of benzene rings is 1. The van der Waals surface area contributed by atoms with E-state index in [1.165, 1.54) is 11.8 Å². The maximum Gasteiger partial charge on any atom is 0.262 e. The van der Waals surface area contributed by atoms with E-state index in [1.54, 1.807) is 22.8 Å². The van der Waals surface area contributed by atoms with Gasteiger partial charge in [-0.3, -0.25) is 9.36 Å². The Kier molecular flexibility index (Phi) is 3.97. The molecule has 2 rings (SSSR count). The molecule has 0 spiro atoms. The van der Waals surface area contributed by atoms with Crippen molar-refractivity contribution in [3.8, 4) is 0 Å². The SMILES string of the molecule is CSc1nc2ccc(Cl)cc2c(=O)n1CC(C)C. The second kappa shape index (κ2) is 5.33. The topological polar surface area (TPSA) is 34.9 Å². The van der Waals surface area contributed by atoms with Crippen LogP contribution < -0.4 is 5.56 Å². The number of hydrogen-bond donors (Lipinski definition) is 0. The monoisotopic (exact) mass is 282 g/mol. The van der Waals surface area contributed by atoms with Gasteiger partial charge in [0.15, 0.2) is 5.16 Å². The Hall–Kier alpha value is -1.00. The standard InChI is InChI=1S/C13H15ClN2OS/c1-8(2)7-16-12(17)10-6-9(14)4-5-11(10)15-13(16)18-3/h4-6,8H,7H2,1-3H3. The Bertz CT molecular complexity index is 637. The molecule has 0 fully saturated rings. The number of fused-ring (bicyclic) bond motifs is 1. The third-order valence-corrected chi connectivity index (χ3v) is 3.52. The normalized spacial score (nSPS) is 11.4. The fourth-order valence-corrected chi connectivity index (χ4v) is 2.59. The Morgan fingerprint density at radius 1 is 1.44 bits per heavy atom. The first-order valence-electron chi connectivity index (χ1n) is 5.77. The smallest absolute Gasteiger partial charge is 0.262 e. The zero-order chi connectivity index (χ0) is 13.3. The molecule has 0 radical (unpaired) electrons. The van der Waals surface area contributed by atoms with Crippen molar-refractivity contribution in [3.05, 3.63) is 33.6 Å². The number of thioether (sulfide) groups is 1. The van der Waals surface area contributed by atoms with Gasteiger partial charge >= 0.3 is 0 Å². The molecule has 5 heteroatoms. The van der Waals surface area contributed by atoms with Crippen LogP contribution in [0.2, 0.25) is 5.02 Å². The summed E-state index contributed by atoms with van der Waals surface area (Å²) in [7, 11) is 0. The summed E-state index contributed by atoms with van der Waals surface area (Å²) in [6, 6.07) is 5.23. The molecule has 0 aliphatic rings. The molecule has 1 aromatic heterocycles. The van der Waals surface area contributed by atoms with Crippen molar-refractivity contribution >= 4 is 34.3 Å². The molecule has 0 N–H and O–H groups in total. The maximum absolute atomic E-state index is 12.4. The minimum absolute atomic E-state index is 0.0134. The van der Waals surface area contributed by atoms with E-state index >= 15 is 0 Å². The zero-order valence-electron chi connectivity index (χ0n) is 10.6. The van der Waals surface area contributed by atoms with Gasteiger partial charge < -0.3 is 0 Å². The van der Waals surface area contributed by atoms with Crippen molar-refractivity contribution in [2.45, 2.75) is 25.5 Å². The Morgan fingerprint density at radius 2 is 2.17 bits per heavy atom. The van der Waals surface area contributed by atoms with Crippen LogP contribution in [0.25, 0.3) is 10.9 Å². The van der Waals surface area contributed by atoms with E-state index < -0.39 is 0 Å². The molecule has 0 saturated carbocycles. The molecular formula is C13H15ClN2OS. The molecule has 1 heterocycles. The highest BCUT2D eigenvalue weighted by Crippen LogP contribution is 2.19. The van der Waals surface area contributed by atoms with Gasteiger partial charge in [-0.25, -0.2) is 4.98 Å². The maximum atomic E-state index is 12.4. The second-order valence-corrected chi connectivity index (χ2v) is 5.78. The number of nitrogens with zero attached hydrogens (tertiary/aromatic N) is 2. The molecule has 96 valence electrons. The molecular weight excluding hydrogens is 268 g/mol. The highest BCUT2D eigenvalue weighted by atomic mass is 35.5. The van der Waals surface area contributed by atoms with Crippen molar-refractivity contribution in [1.82, 2.24) is 9.55 Å². The van der Waals surface area contributed by atoms with Crippen molar-refractivity contribution in [3.63, 3.8) is 0 Å². The second-order valence-electron chi connectivity index (χ2n) is 4.57. The highest BCUT2D eigenvalue weighted by Gasteiger charge is 2.11. The summed E-state index contributed by atoms with van der Waals surface area (Å²) in [5, 5.41) is 1.90. The predicted molar refractivity (Wildman–Crippen MR) is 77.6 cm³/mol. The van der Waals surface area contributed by atoms with Gasteiger partial charge in [0.05, 0.1) is 10.9 Å². The zero-order valence-corrected chi connectivity index (χ0v) is 12.2. The van der Waals surface area contributed by atoms with Crippen LogP contribution in [-0.4, -0.2) is 15.8 Å². The van der Waals surface area contributed by atoms with E-state index in [9.17, 15) is 4.79 Å². The summed E-state index contributed by atoms with van der Waals surface area (Å²) in [6.45, 7) is 4.84. The molecule has 0 aliphatic heterocycles. The Morgan fingerprint density at radius 3 is 2.78 bits per heavy atom. The first-order chi connectivity index (χ1) is 8.52. The molecule has 0 unspecified atom stereocenters. The summed E-state index contributed by atoms with van der Waals surface area (Å²) in [5.74, 6) is 0.395. The van der Waals surface area contributed by atoms with E-state index in [0.717, 1.165) is 5.16 Å². The van der Waals surface area contributed by atoms with Crippen LogP contribution in [0.5, 0.6) is 0 Å². The van der Waals surface area contributed by atoms with Crippen molar-refractivity contribution in [2.24, 2.45) is 5.92 Å².